The van der Waals surface area contributed by atoms with Crippen LogP contribution in [0.5, 0.6) is 11.5 Å². The first-order chi connectivity index (χ1) is 14.3. The van der Waals surface area contributed by atoms with Crippen LogP contribution in [-0.2, 0) is 6.61 Å². The van der Waals surface area contributed by atoms with Crippen LogP contribution in [0.25, 0.3) is 27.7 Å². The van der Waals surface area contributed by atoms with Crippen molar-refractivity contribution >= 4 is 16.6 Å². The zero-order chi connectivity index (χ0) is 19.6. The van der Waals surface area contributed by atoms with Gasteiger partial charge in [-0.15, -0.1) is 10.2 Å². The molecule has 142 valence electrons. The SMILES string of the molecule is COc1ccc2c(OCc3nnc4ccc(-c5ccccc5)cn34)ccnc2c1. The lowest BCUT2D eigenvalue weighted by Crippen LogP contribution is -2.02. The quantitative estimate of drug-likeness (QED) is 0.447. The van der Waals surface area contributed by atoms with Gasteiger partial charge in [-0.25, -0.2) is 0 Å². The highest BCUT2D eigenvalue weighted by Gasteiger charge is 2.10. The topological polar surface area (TPSA) is 61.5 Å². The average Bonchev–Trinajstić information content (AvgIpc) is 3.20. The van der Waals surface area contributed by atoms with Gasteiger partial charge in [0.15, 0.2) is 11.5 Å². The normalized spacial score (nSPS) is 11.1. The molecule has 0 aliphatic heterocycles. The summed E-state index contributed by atoms with van der Waals surface area (Å²) in [4.78, 5) is 4.40. The van der Waals surface area contributed by atoms with Crippen molar-refractivity contribution in [1.29, 1.82) is 0 Å². The van der Waals surface area contributed by atoms with Crippen LogP contribution in [0.1, 0.15) is 5.82 Å². The number of hydrogen-bond donors (Lipinski definition) is 0. The van der Waals surface area contributed by atoms with Crippen LogP contribution in [0.2, 0.25) is 0 Å². The Morgan fingerprint density at radius 1 is 0.897 bits per heavy atom. The van der Waals surface area contributed by atoms with Gasteiger partial charge in [-0.05, 0) is 41.5 Å². The predicted octanol–water partition coefficient (Wildman–Crippen LogP) is 4.53. The fourth-order valence-corrected chi connectivity index (χ4v) is 3.33. The Morgan fingerprint density at radius 3 is 2.66 bits per heavy atom. The largest absolute Gasteiger partial charge is 0.497 e. The molecule has 29 heavy (non-hydrogen) atoms. The summed E-state index contributed by atoms with van der Waals surface area (Å²) >= 11 is 0. The van der Waals surface area contributed by atoms with Crippen LogP contribution in [-0.4, -0.2) is 26.7 Å². The van der Waals surface area contributed by atoms with E-state index >= 15 is 0 Å². The third-order valence-corrected chi connectivity index (χ3v) is 4.85. The van der Waals surface area contributed by atoms with E-state index in [1.165, 1.54) is 0 Å². The van der Waals surface area contributed by atoms with Crippen molar-refractivity contribution in [3.05, 3.63) is 84.9 Å². The number of ether oxygens (including phenoxy) is 2. The van der Waals surface area contributed by atoms with Gasteiger partial charge in [0, 0.05) is 23.8 Å². The minimum atomic E-state index is 0.296. The third-order valence-electron chi connectivity index (χ3n) is 4.85. The molecule has 3 heterocycles. The molecule has 0 bridgehead atoms. The smallest absolute Gasteiger partial charge is 0.175 e. The number of benzene rings is 2. The first kappa shape index (κ1) is 17.2. The Bertz CT molecular complexity index is 1300. The van der Waals surface area contributed by atoms with E-state index in [1.807, 2.05) is 65.2 Å². The van der Waals surface area contributed by atoms with E-state index in [4.69, 9.17) is 9.47 Å². The van der Waals surface area contributed by atoms with Gasteiger partial charge in [0.25, 0.3) is 0 Å². The van der Waals surface area contributed by atoms with Crippen LogP contribution in [0, 0.1) is 0 Å². The molecule has 0 spiro atoms. The number of aromatic nitrogens is 4. The number of hydrogen-bond acceptors (Lipinski definition) is 5. The van der Waals surface area contributed by atoms with Gasteiger partial charge in [0.1, 0.15) is 18.1 Å². The molecule has 0 N–H and O–H groups in total. The standard InChI is InChI=1S/C23H18N4O2/c1-28-18-8-9-19-20(13-18)24-12-11-21(19)29-15-23-26-25-22-10-7-17(14-27(22)23)16-5-3-2-4-6-16/h2-14H,15H2,1H3. The number of methoxy groups -OCH3 is 1. The number of pyridine rings is 2. The lowest BCUT2D eigenvalue weighted by Gasteiger charge is -2.09. The summed E-state index contributed by atoms with van der Waals surface area (Å²) in [6.07, 6.45) is 3.77. The molecule has 6 nitrogen and oxygen atoms in total. The van der Waals surface area contributed by atoms with Gasteiger partial charge in [-0.1, -0.05) is 30.3 Å². The molecule has 0 amide bonds. The maximum absolute atomic E-state index is 6.09. The Hall–Kier alpha value is -3.93. The first-order valence-electron chi connectivity index (χ1n) is 9.26. The molecule has 0 radical (unpaired) electrons. The van der Waals surface area contributed by atoms with E-state index in [-0.39, 0.29) is 0 Å². The van der Waals surface area contributed by atoms with E-state index in [0.29, 0.717) is 6.61 Å². The Morgan fingerprint density at radius 2 is 1.79 bits per heavy atom. The summed E-state index contributed by atoms with van der Waals surface area (Å²) < 4.78 is 13.3. The average molecular weight is 382 g/mol. The molecular weight excluding hydrogens is 364 g/mol. The molecule has 6 heteroatoms. The first-order valence-corrected chi connectivity index (χ1v) is 9.26. The maximum atomic E-state index is 6.09. The zero-order valence-electron chi connectivity index (χ0n) is 15.8. The van der Waals surface area contributed by atoms with Crippen molar-refractivity contribution in [2.75, 3.05) is 7.11 Å². The van der Waals surface area contributed by atoms with E-state index in [0.717, 1.165) is 45.0 Å². The second kappa shape index (κ2) is 7.24. The predicted molar refractivity (Wildman–Crippen MR) is 111 cm³/mol. The van der Waals surface area contributed by atoms with E-state index < -0.39 is 0 Å². The highest BCUT2D eigenvalue weighted by molar-refractivity contribution is 5.85. The molecule has 5 rings (SSSR count). The fraction of sp³-hybridized carbons (Fsp3) is 0.0870. The lowest BCUT2D eigenvalue weighted by molar-refractivity contribution is 0.298. The number of fused-ring (bicyclic) bond motifs is 2. The van der Waals surface area contributed by atoms with Gasteiger partial charge < -0.3 is 9.47 Å². The van der Waals surface area contributed by atoms with Crippen molar-refractivity contribution in [3.63, 3.8) is 0 Å². The van der Waals surface area contributed by atoms with Gasteiger partial charge in [-0.3, -0.25) is 9.38 Å². The van der Waals surface area contributed by atoms with Gasteiger partial charge in [0.2, 0.25) is 0 Å². The van der Waals surface area contributed by atoms with E-state index in [1.54, 1.807) is 13.3 Å². The van der Waals surface area contributed by atoms with Gasteiger partial charge in [-0.2, -0.15) is 0 Å². The maximum Gasteiger partial charge on any atom is 0.175 e. The molecule has 0 saturated heterocycles. The summed E-state index contributed by atoms with van der Waals surface area (Å²) in [7, 11) is 1.64. The van der Waals surface area contributed by atoms with Gasteiger partial charge >= 0.3 is 0 Å². The second-order valence-corrected chi connectivity index (χ2v) is 6.61. The molecule has 5 aromatic rings. The Balaban J connectivity index is 1.46. The summed E-state index contributed by atoms with van der Waals surface area (Å²) in [6, 6.07) is 21.8. The Kier molecular flexibility index (Phi) is 4.29. The van der Waals surface area contributed by atoms with Crippen molar-refractivity contribution in [1.82, 2.24) is 19.6 Å². The minimum absolute atomic E-state index is 0.296. The van der Waals surface area contributed by atoms with Crippen LogP contribution >= 0.6 is 0 Å². The van der Waals surface area contributed by atoms with Crippen LogP contribution < -0.4 is 9.47 Å². The number of nitrogens with zero attached hydrogens (tertiary/aromatic N) is 4. The molecule has 2 aromatic carbocycles. The molecule has 0 fully saturated rings. The molecule has 0 aliphatic rings. The van der Waals surface area contributed by atoms with Crippen molar-refractivity contribution in [2.45, 2.75) is 6.61 Å². The number of rotatable bonds is 5. The highest BCUT2D eigenvalue weighted by Crippen LogP contribution is 2.28. The van der Waals surface area contributed by atoms with E-state index in [2.05, 4.69) is 27.3 Å². The summed E-state index contributed by atoms with van der Waals surface area (Å²) in [6.45, 7) is 0.296. The van der Waals surface area contributed by atoms with Crippen LogP contribution in [0.3, 0.4) is 0 Å². The van der Waals surface area contributed by atoms with Crippen molar-refractivity contribution in [2.24, 2.45) is 0 Å². The molecule has 3 aromatic heterocycles. The van der Waals surface area contributed by atoms with Crippen LogP contribution in [0.4, 0.5) is 0 Å². The summed E-state index contributed by atoms with van der Waals surface area (Å²) in [5, 5.41) is 9.48. The van der Waals surface area contributed by atoms with Crippen molar-refractivity contribution < 1.29 is 9.47 Å². The molecular formula is C23H18N4O2. The molecule has 0 aliphatic carbocycles. The Labute approximate surface area is 167 Å². The van der Waals surface area contributed by atoms with Gasteiger partial charge in [0.05, 0.1) is 12.6 Å². The van der Waals surface area contributed by atoms with Crippen LogP contribution in [0.15, 0.2) is 79.1 Å². The van der Waals surface area contributed by atoms with E-state index in [9.17, 15) is 0 Å². The molecule has 0 atom stereocenters. The summed E-state index contributed by atoms with van der Waals surface area (Å²) in [5.41, 5.74) is 3.84. The monoisotopic (exact) mass is 382 g/mol. The minimum Gasteiger partial charge on any atom is -0.497 e. The second-order valence-electron chi connectivity index (χ2n) is 6.61. The lowest BCUT2D eigenvalue weighted by atomic mass is 10.1. The molecule has 0 saturated carbocycles. The highest BCUT2D eigenvalue weighted by atomic mass is 16.5. The van der Waals surface area contributed by atoms with Crippen molar-refractivity contribution in [3.8, 4) is 22.6 Å². The fourth-order valence-electron chi connectivity index (χ4n) is 3.33. The molecule has 0 unspecified atom stereocenters. The zero-order valence-corrected chi connectivity index (χ0v) is 15.8. The summed E-state index contributed by atoms with van der Waals surface area (Å²) in [5.74, 6) is 2.24. The third kappa shape index (κ3) is 3.25.